The van der Waals surface area contributed by atoms with Crippen molar-refractivity contribution in [1.82, 2.24) is 4.98 Å². The number of hydrogen-bond donors (Lipinski definition) is 1. The van der Waals surface area contributed by atoms with Crippen molar-refractivity contribution < 1.29 is 4.79 Å². The minimum absolute atomic E-state index is 0.0244. The van der Waals surface area contributed by atoms with Crippen LogP contribution in [0.2, 0.25) is 5.02 Å². The van der Waals surface area contributed by atoms with Crippen LogP contribution in [-0.2, 0) is 11.2 Å². The fourth-order valence-electron chi connectivity index (χ4n) is 2.18. The molecule has 1 atom stereocenters. The van der Waals surface area contributed by atoms with E-state index in [-0.39, 0.29) is 11.8 Å². The lowest BCUT2D eigenvalue weighted by molar-refractivity contribution is -0.118. The number of pyridine rings is 1. The molecule has 2 aromatic rings. The molecule has 0 saturated carbocycles. The first-order valence-corrected chi connectivity index (χ1v) is 6.11. The van der Waals surface area contributed by atoms with Gasteiger partial charge in [0.1, 0.15) is 0 Å². The lowest BCUT2D eigenvalue weighted by atomic mass is 9.77. The molecule has 1 N–H and O–H groups in total. The Labute approximate surface area is 110 Å². The molecule has 1 aromatic heterocycles. The van der Waals surface area contributed by atoms with Gasteiger partial charge in [0, 0.05) is 6.20 Å². The third-order valence-electron chi connectivity index (χ3n) is 3.20. The standard InChI is InChI=1S/C14H11ClN2O/c15-12-5-6-16-8-13(12)17-14(18)11-7-9-3-1-2-4-10(9)11/h1-6,8,11H,7H2,(H,17,18). The summed E-state index contributed by atoms with van der Waals surface area (Å²) in [6.07, 6.45) is 3.95. The number of nitrogens with zero attached hydrogens (tertiary/aromatic N) is 1. The largest absolute Gasteiger partial charge is 0.323 e. The summed E-state index contributed by atoms with van der Waals surface area (Å²) in [5.41, 5.74) is 2.92. The molecule has 3 nitrogen and oxygen atoms in total. The van der Waals surface area contributed by atoms with Crippen molar-refractivity contribution in [3.63, 3.8) is 0 Å². The van der Waals surface area contributed by atoms with Crippen molar-refractivity contribution in [2.45, 2.75) is 12.3 Å². The lowest BCUT2D eigenvalue weighted by Crippen LogP contribution is -2.30. The smallest absolute Gasteiger partial charge is 0.232 e. The van der Waals surface area contributed by atoms with Crippen LogP contribution < -0.4 is 5.32 Å². The molecule has 3 rings (SSSR count). The SMILES string of the molecule is O=C(Nc1cnccc1Cl)C1Cc2ccccc21. The van der Waals surface area contributed by atoms with Gasteiger partial charge in [-0.25, -0.2) is 0 Å². The molecule has 0 fully saturated rings. The normalized spacial score (nSPS) is 16.6. The van der Waals surface area contributed by atoms with Gasteiger partial charge in [-0.3, -0.25) is 9.78 Å². The van der Waals surface area contributed by atoms with Crippen LogP contribution in [-0.4, -0.2) is 10.9 Å². The van der Waals surface area contributed by atoms with Crippen molar-refractivity contribution in [2.24, 2.45) is 0 Å². The number of hydrogen-bond acceptors (Lipinski definition) is 2. The van der Waals surface area contributed by atoms with Gasteiger partial charge in [-0.05, 0) is 23.6 Å². The molecule has 0 saturated heterocycles. The number of nitrogens with one attached hydrogen (secondary N) is 1. The zero-order valence-corrected chi connectivity index (χ0v) is 10.3. The van der Waals surface area contributed by atoms with Crippen LogP contribution in [0.3, 0.4) is 0 Å². The Bertz CT molecular complexity index is 612. The number of carbonyl (C=O) groups is 1. The summed E-state index contributed by atoms with van der Waals surface area (Å²) < 4.78 is 0. The van der Waals surface area contributed by atoms with E-state index in [9.17, 15) is 4.79 Å². The molecule has 1 unspecified atom stereocenters. The molecule has 0 spiro atoms. The van der Waals surface area contributed by atoms with Crippen LogP contribution in [0.15, 0.2) is 42.7 Å². The van der Waals surface area contributed by atoms with Crippen LogP contribution in [0.5, 0.6) is 0 Å². The van der Waals surface area contributed by atoms with E-state index in [1.165, 1.54) is 5.56 Å². The highest BCUT2D eigenvalue weighted by Crippen LogP contribution is 2.35. The van der Waals surface area contributed by atoms with Gasteiger partial charge in [0.15, 0.2) is 0 Å². The van der Waals surface area contributed by atoms with Gasteiger partial charge >= 0.3 is 0 Å². The quantitative estimate of drug-likeness (QED) is 0.900. The van der Waals surface area contributed by atoms with Crippen molar-refractivity contribution in [1.29, 1.82) is 0 Å². The van der Waals surface area contributed by atoms with E-state index < -0.39 is 0 Å². The molecule has 90 valence electrons. The van der Waals surface area contributed by atoms with Crippen molar-refractivity contribution in [3.8, 4) is 0 Å². The summed E-state index contributed by atoms with van der Waals surface area (Å²) in [5.74, 6) is -0.0962. The van der Waals surface area contributed by atoms with E-state index in [0.29, 0.717) is 10.7 Å². The fraction of sp³-hybridized carbons (Fsp3) is 0.143. The van der Waals surface area contributed by atoms with E-state index in [4.69, 9.17) is 11.6 Å². The molecule has 0 aliphatic heterocycles. The molecule has 18 heavy (non-hydrogen) atoms. The average molecular weight is 259 g/mol. The third-order valence-corrected chi connectivity index (χ3v) is 3.53. The summed E-state index contributed by atoms with van der Waals surface area (Å²) in [6.45, 7) is 0. The Morgan fingerprint density at radius 1 is 1.33 bits per heavy atom. The van der Waals surface area contributed by atoms with Crippen LogP contribution in [0.4, 0.5) is 5.69 Å². The number of benzene rings is 1. The Hall–Kier alpha value is -1.87. The lowest BCUT2D eigenvalue weighted by Gasteiger charge is -2.28. The first-order chi connectivity index (χ1) is 8.75. The fourth-order valence-corrected chi connectivity index (χ4v) is 2.33. The second kappa shape index (κ2) is 4.42. The minimum atomic E-state index is -0.0718. The number of halogens is 1. The van der Waals surface area contributed by atoms with Crippen LogP contribution in [0, 0.1) is 0 Å². The Balaban J connectivity index is 1.77. The number of rotatable bonds is 2. The molecule has 1 aliphatic rings. The van der Waals surface area contributed by atoms with E-state index in [1.54, 1.807) is 18.5 Å². The van der Waals surface area contributed by atoms with Gasteiger partial charge in [0.25, 0.3) is 0 Å². The highest BCUT2D eigenvalue weighted by Gasteiger charge is 2.31. The predicted octanol–water partition coefficient (Wildman–Crippen LogP) is 3.01. The van der Waals surface area contributed by atoms with Gasteiger partial charge in [0.2, 0.25) is 5.91 Å². The summed E-state index contributed by atoms with van der Waals surface area (Å²) in [4.78, 5) is 16.1. The van der Waals surface area contributed by atoms with Gasteiger partial charge in [-0.1, -0.05) is 35.9 Å². The summed E-state index contributed by atoms with van der Waals surface area (Å²) in [5, 5.41) is 3.33. The minimum Gasteiger partial charge on any atom is -0.323 e. The van der Waals surface area contributed by atoms with Gasteiger partial charge < -0.3 is 5.32 Å². The molecule has 1 aromatic carbocycles. The molecule has 0 radical (unpaired) electrons. The number of carbonyl (C=O) groups excluding carboxylic acids is 1. The van der Waals surface area contributed by atoms with Crippen molar-refractivity contribution in [3.05, 3.63) is 58.9 Å². The highest BCUT2D eigenvalue weighted by molar-refractivity contribution is 6.33. The second-order valence-corrected chi connectivity index (χ2v) is 4.71. The van der Waals surface area contributed by atoms with Crippen LogP contribution in [0.25, 0.3) is 0 Å². The molecule has 4 heteroatoms. The van der Waals surface area contributed by atoms with E-state index in [0.717, 1.165) is 12.0 Å². The van der Waals surface area contributed by atoms with Gasteiger partial charge in [-0.2, -0.15) is 0 Å². The van der Waals surface area contributed by atoms with Crippen LogP contribution in [0.1, 0.15) is 17.0 Å². The van der Waals surface area contributed by atoms with E-state index in [2.05, 4.69) is 16.4 Å². The number of anilines is 1. The molecule has 1 aliphatic carbocycles. The zero-order valence-electron chi connectivity index (χ0n) is 9.56. The Kier molecular flexibility index (Phi) is 2.76. The molecular weight excluding hydrogens is 248 g/mol. The van der Waals surface area contributed by atoms with Gasteiger partial charge in [-0.15, -0.1) is 0 Å². The maximum atomic E-state index is 12.1. The second-order valence-electron chi connectivity index (χ2n) is 4.30. The number of aromatic nitrogens is 1. The molecular formula is C14H11ClN2O. The Morgan fingerprint density at radius 3 is 2.94 bits per heavy atom. The molecule has 1 heterocycles. The average Bonchev–Trinajstić information content (AvgIpc) is 2.34. The maximum absolute atomic E-state index is 12.1. The van der Waals surface area contributed by atoms with Crippen LogP contribution >= 0.6 is 11.6 Å². The summed E-state index contributed by atoms with van der Waals surface area (Å²) in [6, 6.07) is 9.65. The first-order valence-electron chi connectivity index (χ1n) is 5.74. The highest BCUT2D eigenvalue weighted by atomic mass is 35.5. The maximum Gasteiger partial charge on any atom is 0.232 e. The van der Waals surface area contributed by atoms with E-state index in [1.807, 2.05) is 18.2 Å². The number of amides is 1. The predicted molar refractivity (Wildman–Crippen MR) is 70.8 cm³/mol. The molecule has 0 bridgehead atoms. The van der Waals surface area contributed by atoms with Crippen molar-refractivity contribution >= 4 is 23.2 Å². The van der Waals surface area contributed by atoms with Gasteiger partial charge in [0.05, 0.1) is 22.8 Å². The first kappa shape index (κ1) is 11.2. The summed E-state index contributed by atoms with van der Waals surface area (Å²) >= 11 is 5.98. The summed E-state index contributed by atoms with van der Waals surface area (Å²) in [7, 11) is 0. The monoisotopic (exact) mass is 258 g/mol. The Morgan fingerprint density at radius 2 is 2.17 bits per heavy atom. The van der Waals surface area contributed by atoms with E-state index >= 15 is 0 Å². The van der Waals surface area contributed by atoms with Crippen molar-refractivity contribution in [2.75, 3.05) is 5.32 Å². The zero-order chi connectivity index (χ0) is 12.5. The topological polar surface area (TPSA) is 42.0 Å². The third kappa shape index (κ3) is 1.87. The number of fused-ring (bicyclic) bond motifs is 1. The molecule has 1 amide bonds.